The average Bonchev–Trinajstić information content (AvgIpc) is 2.65. The molecular formula is C11H15N3O. The minimum Gasteiger partial charge on any atom is -0.337 e. The van der Waals surface area contributed by atoms with Crippen molar-refractivity contribution in [1.29, 1.82) is 0 Å². The lowest BCUT2D eigenvalue weighted by atomic mass is 10.2. The van der Waals surface area contributed by atoms with Gasteiger partial charge in [-0.3, -0.25) is 9.78 Å². The van der Waals surface area contributed by atoms with Crippen LogP contribution in [0, 0.1) is 0 Å². The minimum atomic E-state index is 0.226. The van der Waals surface area contributed by atoms with E-state index in [0.717, 1.165) is 24.2 Å². The first-order valence-corrected chi connectivity index (χ1v) is 5.22. The Labute approximate surface area is 89.1 Å². The number of aromatic nitrogens is 1. The zero-order valence-corrected chi connectivity index (χ0v) is 8.65. The number of rotatable bonds is 3. The number of pyridine rings is 1. The van der Waals surface area contributed by atoms with Gasteiger partial charge in [0, 0.05) is 25.7 Å². The quantitative estimate of drug-likeness (QED) is 0.788. The van der Waals surface area contributed by atoms with Crippen LogP contribution in [0.3, 0.4) is 0 Å². The van der Waals surface area contributed by atoms with Crippen LogP contribution in [0.5, 0.6) is 0 Å². The summed E-state index contributed by atoms with van der Waals surface area (Å²) in [6.45, 7) is 1.93. The van der Waals surface area contributed by atoms with E-state index in [1.807, 2.05) is 17.0 Å². The third kappa shape index (κ3) is 2.15. The maximum absolute atomic E-state index is 11.4. The molecule has 2 N–H and O–H groups in total. The molecule has 80 valence electrons. The Morgan fingerprint density at radius 2 is 2.40 bits per heavy atom. The number of hydrogen-bond donors (Lipinski definition) is 1. The van der Waals surface area contributed by atoms with E-state index in [0.29, 0.717) is 19.5 Å². The molecule has 0 radical (unpaired) electrons. The van der Waals surface area contributed by atoms with Gasteiger partial charge in [-0.2, -0.15) is 0 Å². The Morgan fingerprint density at radius 1 is 1.53 bits per heavy atom. The van der Waals surface area contributed by atoms with Crippen molar-refractivity contribution in [3.05, 3.63) is 29.6 Å². The van der Waals surface area contributed by atoms with Gasteiger partial charge in [-0.1, -0.05) is 6.07 Å². The van der Waals surface area contributed by atoms with Crippen molar-refractivity contribution in [3.63, 3.8) is 0 Å². The molecule has 1 saturated heterocycles. The van der Waals surface area contributed by atoms with E-state index in [1.54, 1.807) is 6.20 Å². The normalized spacial score (nSPS) is 16.1. The fourth-order valence-corrected chi connectivity index (χ4v) is 1.85. The summed E-state index contributed by atoms with van der Waals surface area (Å²) < 4.78 is 0. The van der Waals surface area contributed by atoms with Crippen LogP contribution in [0.4, 0.5) is 0 Å². The number of nitrogens with two attached hydrogens (primary N) is 1. The van der Waals surface area contributed by atoms with Crippen LogP contribution in [-0.2, 0) is 17.9 Å². The fraction of sp³-hybridized carbons (Fsp3) is 0.455. The summed E-state index contributed by atoms with van der Waals surface area (Å²) >= 11 is 0. The van der Waals surface area contributed by atoms with Crippen LogP contribution in [0.15, 0.2) is 18.3 Å². The van der Waals surface area contributed by atoms with Crippen molar-refractivity contribution in [3.8, 4) is 0 Å². The van der Waals surface area contributed by atoms with Gasteiger partial charge in [-0.25, -0.2) is 0 Å². The van der Waals surface area contributed by atoms with E-state index in [4.69, 9.17) is 5.73 Å². The summed E-state index contributed by atoms with van der Waals surface area (Å²) in [4.78, 5) is 17.6. The first kappa shape index (κ1) is 10.1. The molecule has 1 aliphatic heterocycles. The van der Waals surface area contributed by atoms with Crippen LogP contribution in [-0.4, -0.2) is 22.3 Å². The van der Waals surface area contributed by atoms with Crippen molar-refractivity contribution in [2.24, 2.45) is 5.73 Å². The zero-order valence-electron chi connectivity index (χ0n) is 8.65. The van der Waals surface area contributed by atoms with Crippen LogP contribution < -0.4 is 5.73 Å². The highest BCUT2D eigenvalue weighted by molar-refractivity contribution is 5.78. The molecule has 0 unspecified atom stereocenters. The highest BCUT2D eigenvalue weighted by Crippen LogP contribution is 2.14. The van der Waals surface area contributed by atoms with E-state index < -0.39 is 0 Å². The van der Waals surface area contributed by atoms with Gasteiger partial charge in [0.1, 0.15) is 0 Å². The smallest absolute Gasteiger partial charge is 0.222 e. The van der Waals surface area contributed by atoms with Gasteiger partial charge in [0.15, 0.2) is 0 Å². The molecule has 2 rings (SSSR count). The number of nitrogens with zero attached hydrogens (tertiary/aromatic N) is 2. The lowest BCUT2D eigenvalue weighted by Crippen LogP contribution is -2.25. The summed E-state index contributed by atoms with van der Waals surface area (Å²) in [6.07, 6.45) is 3.38. The number of hydrogen-bond acceptors (Lipinski definition) is 3. The number of amides is 1. The summed E-state index contributed by atoms with van der Waals surface area (Å²) in [5.41, 5.74) is 7.57. The van der Waals surface area contributed by atoms with Crippen LogP contribution in [0.1, 0.15) is 24.1 Å². The Hall–Kier alpha value is -1.42. The second-order valence-electron chi connectivity index (χ2n) is 3.73. The molecule has 0 saturated carbocycles. The molecular weight excluding hydrogens is 190 g/mol. The van der Waals surface area contributed by atoms with Gasteiger partial charge in [-0.15, -0.1) is 0 Å². The molecule has 1 aliphatic rings. The van der Waals surface area contributed by atoms with E-state index in [9.17, 15) is 4.79 Å². The monoisotopic (exact) mass is 205 g/mol. The van der Waals surface area contributed by atoms with Crippen LogP contribution in [0.25, 0.3) is 0 Å². The molecule has 1 aromatic rings. The lowest BCUT2D eigenvalue weighted by molar-refractivity contribution is -0.128. The van der Waals surface area contributed by atoms with Crippen molar-refractivity contribution in [1.82, 2.24) is 9.88 Å². The highest BCUT2D eigenvalue weighted by Gasteiger charge is 2.21. The number of carbonyl (C=O) groups excluding carboxylic acids is 1. The molecule has 4 nitrogen and oxygen atoms in total. The molecule has 0 atom stereocenters. The lowest BCUT2D eigenvalue weighted by Gasteiger charge is -2.16. The maximum atomic E-state index is 11.4. The van der Waals surface area contributed by atoms with Crippen molar-refractivity contribution in [2.75, 3.05) is 6.54 Å². The second kappa shape index (κ2) is 4.40. The predicted molar refractivity (Wildman–Crippen MR) is 56.8 cm³/mol. The third-order valence-electron chi connectivity index (χ3n) is 2.72. The van der Waals surface area contributed by atoms with Gasteiger partial charge in [0.05, 0.1) is 12.2 Å². The zero-order chi connectivity index (χ0) is 10.7. The second-order valence-corrected chi connectivity index (χ2v) is 3.73. The molecule has 1 amide bonds. The molecule has 0 spiro atoms. The number of carbonyl (C=O) groups is 1. The molecule has 15 heavy (non-hydrogen) atoms. The van der Waals surface area contributed by atoms with Crippen molar-refractivity contribution < 1.29 is 4.79 Å². The standard InChI is InChI=1S/C11H15N3O/c12-7-9-3-1-5-13-10(9)8-14-6-2-4-11(14)15/h1,3,5H,2,4,6-8,12H2. The summed E-state index contributed by atoms with van der Waals surface area (Å²) in [6, 6.07) is 3.83. The molecule has 0 bridgehead atoms. The number of likely N-dealkylation sites (tertiary alicyclic amines) is 1. The van der Waals surface area contributed by atoms with Gasteiger partial charge in [-0.05, 0) is 18.1 Å². The molecule has 0 aromatic carbocycles. The Kier molecular flexibility index (Phi) is 2.97. The first-order valence-electron chi connectivity index (χ1n) is 5.22. The van der Waals surface area contributed by atoms with Crippen molar-refractivity contribution >= 4 is 5.91 Å². The first-order chi connectivity index (χ1) is 7.31. The fourth-order valence-electron chi connectivity index (χ4n) is 1.85. The van der Waals surface area contributed by atoms with Crippen molar-refractivity contribution in [2.45, 2.75) is 25.9 Å². The molecule has 1 fully saturated rings. The minimum absolute atomic E-state index is 0.226. The van der Waals surface area contributed by atoms with E-state index in [-0.39, 0.29) is 5.91 Å². The van der Waals surface area contributed by atoms with Gasteiger partial charge in [0.2, 0.25) is 5.91 Å². The summed E-state index contributed by atoms with van der Waals surface area (Å²) in [7, 11) is 0. The Morgan fingerprint density at radius 3 is 3.07 bits per heavy atom. The Bertz CT molecular complexity index is 365. The SMILES string of the molecule is NCc1cccnc1CN1CCCC1=O. The van der Waals surface area contributed by atoms with E-state index in [1.165, 1.54) is 0 Å². The van der Waals surface area contributed by atoms with E-state index in [2.05, 4.69) is 4.98 Å². The largest absolute Gasteiger partial charge is 0.337 e. The third-order valence-corrected chi connectivity index (χ3v) is 2.72. The molecule has 1 aromatic heterocycles. The van der Waals surface area contributed by atoms with Gasteiger partial charge in [0.25, 0.3) is 0 Å². The highest BCUT2D eigenvalue weighted by atomic mass is 16.2. The molecule has 0 aliphatic carbocycles. The average molecular weight is 205 g/mol. The Balaban J connectivity index is 2.12. The predicted octanol–water partition coefficient (Wildman–Crippen LogP) is 0.663. The summed E-state index contributed by atoms with van der Waals surface area (Å²) in [5, 5.41) is 0. The van der Waals surface area contributed by atoms with E-state index >= 15 is 0 Å². The van der Waals surface area contributed by atoms with Gasteiger partial charge < -0.3 is 10.6 Å². The van der Waals surface area contributed by atoms with Crippen LogP contribution >= 0.6 is 0 Å². The topological polar surface area (TPSA) is 59.2 Å². The molecule has 2 heterocycles. The molecule has 4 heteroatoms. The summed E-state index contributed by atoms with van der Waals surface area (Å²) in [5.74, 6) is 0.226. The van der Waals surface area contributed by atoms with Crippen LogP contribution in [0.2, 0.25) is 0 Å². The van der Waals surface area contributed by atoms with Gasteiger partial charge >= 0.3 is 0 Å². The maximum Gasteiger partial charge on any atom is 0.222 e.